The van der Waals surface area contributed by atoms with Gasteiger partial charge in [0, 0.05) is 24.3 Å². The first-order valence-electron chi connectivity index (χ1n) is 7.29. The van der Waals surface area contributed by atoms with E-state index in [4.69, 9.17) is 0 Å². The number of anilines is 1. The number of nitrogens with one attached hydrogen (secondary N) is 2. The summed E-state index contributed by atoms with van der Waals surface area (Å²) in [6, 6.07) is 6.60. The Kier molecular flexibility index (Phi) is 3.87. The first kappa shape index (κ1) is 13.4. The second kappa shape index (κ2) is 5.79. The molecule has 1 aliphatic carbocycles. The lowest BCUT2D eigenvalue weighted by Gasteiger charge is -2.26. The zero-order valence-electron chi connectivity index (χ0n) is 11.4. The maximum Gasteiger partial charge on any atom is 0.322 e. The number of urea groups is 1. The fourth-order valence-electron chi connectivity index (χ4n) is 2.66. The molecule has 1 saturated carbocycles. The standard InChI is InChI=1S/C15H20FN3O/c16-11-3-5-12(6-4-11)18-15(20)19(14-7-8-14)10-13-2-1-9-17-13/h3-6,13-14,17H,1-2,7-10H2,(H,18,20). The van der Waals surface area contributed by atoms with Crippen LogP contribution in [0, 0.1) is 5.82 Å². The highest BCUT2D eigenvalue weighted by atomic mass is 19.1. The summed E-state index contributed by atoms with van der Waals surface area (Å²) in [7, 11) is 0. The fraction of sp³-hybridized carbons (Fsp3) is 0.533. The van der Waals surface area contributed by atoms with Crippen LogP contribution in [0.25, 0.3) is 0 Å². The number of carbonyl (C=O) groups excluding carboxylic acids is 1. The Hall–Kier alpha value is -1.62. The second-order valence-corrected chi connectivity index (χ2v) is 5.61. The number of rotatable bonds is 4. The highest BCUT2D eigenvalue weighted by molar-refractivity contribution is 5.89. The van der Waals surface area contributed by atoms with E-state index in [0.29, 0.717) is 17.8 Å². The SMILES string of the molecule is O=C(Nc1ccc(F)cc1)N(CC1CCCN1)C1CC1. The van der Waals surface area contributed by atoms with Gasteiger partial charge in [-0.1, -0.05) is 0 Å². The monoisotopic (exact) mass is 277 g/mol. The Morgan fingerprint density at radius 3 is 2.65 bits per heavy atom. The van der Waals surface area contributed by atoms with Gasteiger partial charge in [-0.05, 0) is 56.5 Å². The van der Waals surface area contributed by atoms with Crippen molar-refractivity contribution in [3.8, 4) is 0 Å². The van der Waals surface area contributed by atoms with E-state index in [2.05, 4.69) is 10.6 Å². The highest BCUT2D eigenvalue weighted by Gasteiger charge is 2.34. The molecule has 3 rings (SSSR count). The third-order valence-corrected chi connectivity index (χ3v) is 3.92. The maximum absolute atomic E-state index is 12.9. The molecule has 1 aromatic carbocycles. The molecule has 0 spiro atoms. The van der Waals surface area contributed by atoms with Crippen molar-refractivity contribution >= 4 is 11.7 Å². The van der Waals surface area contributed by atoms with Crippen molar-refractivity contribution in [2.75, 3.05) is 18.4 Å². The van der Waals surface area contributed by atoms with Gasteiger partial charge in [0.15, 0.2) is 0 Å². The largest absolute Gasteiger partial charge is 0.322 e. The van der Waals surface area contributed by atoms with E-state index in [1.54, 1.807) is 12.1 Å². The number of halogens is 1. The van der Waals surface area contributed by atoms with Crippen LogP contribution < -0.4 is 10.6 Å². The predicted molar refractivity (Wildman–Crippen MR) is 76.2 cm³/mol. The molecule has 0 bridgehead atoms. The van der Waals surface area contributed by atoms with Crippen molar-refractivity contribution in [3.05, 3.63) is 30.1 Å². The highest BCUT2D eigenvalue weighted by Crippen LogP contribution is 2.28. The van der Waals surface area contributed by atoms with Crippen molar-refractivity contribution in [2.24, 2.45) is 0 Å². The molecule has 1 saturated heterocycles. The van der Waals surface area contributed by atoms with E-state index < -0.39 is 0 Å². The van der Waals surface area contributed by atoms with Gasteiger partial charge in [-0.25, -0.2) is 9.18 Å². The molecule has 0 aromatic heterocycles. The summed E-state index contributed by atoms with van der Waals surface area (Å²) in [5, 5.41) is 6.28. The van der Waals surface area contributed by atoms with E-state index in [-0.39, 0.29) is 11.8 Å². The van der Waals surface area contributed by atoms with Gasteiger partial charge in [0.1, 0.15) is 5.82 Å². The van der Waals surface area contributed by atoms with Gasteiger partial charge in [-0.2, -0.15) is 0 Å². The third kappa shape index (κ3) is 3.28. The van der Waals surface area contributed by atoms with Crippen LogP contribution in [0.15, 0.2) is 24.3 Å². The minimum absolute atomic E-state index is 0.0761. The van der Waals surface area contributed by atoms with Crippen molar-refractivity contribution < 1.29 is 9.18 Å². The molecule has 2 amide bonds. The normalized spacial score (nSPS) is 21.8. The van der Waals surface area contributed by atoms with Crippen LogP contribution in [-0.4, -0.2) is 36.1 Å². The molecule has 1 aliphatic heterocycles. The quantitative estimate of drug-likeness (QED) is 0.888. The summed E-state index contributed by atoms with van der Waals surface area (Å²) in [5.74, 6) is -0.294. The van der Waals surface area contributed by atoms with Crippen LogP contribution in [0.3, 0.4) is 0 Å². The minimum Gasteiger partial charge on any atom is -0.320 e. The Labute approximate surface area is 118 Å². The predicted octanol–water partition coefficient (Wildman–Crippen LogP) is 2.57. The lowest BCUT2D eigenvalue weighted by atomic mass is 10.2. The molecule has 2 aliphatic rings. The maximum atomic E-state index is 12.9. The third-order valence-electron chi connectivity index (χ3n) is 3.92. The molecule has 1 heterocycles. The number of amides is 2. The zero-order valence-corrected chi connectivity index (χ0v) is 11.4. The van der Waals surface area contributed by atoms with E-state index >= 15 is 0 Å². The Morgan fingerprint density at radius 1 is 1.30 bits per heavy atom. The first-order valence-corrected chi connectivity index (χ1v) is 7.29. The topological polar surface area (TPSA) is 44.4 Å². The summed E-state index contributed by atoms with van der Waals surface area (Å²) in [6.45, 7) is 1.81. The van der Waals surface area contributed by atoms with Crippen LogP contribution >= 0.6 is 0 Å². The molecular formula is C15H20FN3O. The Morgan fingerprint density at radius 2 is 2.05 bits per heavy atom. The first-order chi connectivity index (χ1) is 9.72. The number of benzene rings is 1. The van der Waals surface area contributed by atoms with Crippen LogP contribution in [0.1, 0.15) is 25.7 Å². The van der Waals surface area contributed by atoms with Crippen LogP contribution in [-0.2, 0) is 0 Å². The van der Waals surface area contributed by atoms with Gasteiger partial charge < -0.3 is 15.5 Å². The molecule has 5 heteroatoms. The van der Waals surface area contributed by atoms with Gasteiger partial charge >= 0.3 is 6.03 Å². The lowest BCUT2D eigenvalue weighted by molar-refractivity contribution is 0.203. The number of hydrogen-bond acceptors (Lipinski definition) is 2. The van der Waals surface area contributed by atoms with Gasteiger partial charge in [0.2, 0.25) is 0 Å². The van der Waals surface area contributed by atoms with Gasteiger partial charge in [0.25, 0.3) is 0 Å². The second-order valence-electron chi connectivity index (χ2n) is 5.61. The van der Waals surface area contributed by atoms with Crippen molar-refractivity contribution in [3.63, 3.8) is 0 Å². The zero-order chi connectivity index (χ0) is 13.9. The summed E-state index contributed by atoms with van der Waals surface area (Å²) < 4.78 is 12.9. The summed E-state index contributed by atoms with van der Waals surface area (Å²) in [5.41, 5.74) is 0.640. The van der Waals surface area contributed by atoms with Gasteiger partial charge in [-0.15, -0.1) is 0 Å². The molecule has 20 heavy (non-hydrogen) atoms. The van der Waals surface area contributed by atoms with Gasteiger partial charge in [0.05, 0.1) is 0 Å². The summed E-state index contributed by atoms with van der Waals surface area (Å²) in [4.78, 5) is 14.3. The van der Waals surface area contributed by atoms with Gasteiger partial charge in [-0.3, -0.25) is 0 Å². The van der Waals surface area contributed by atoms with Crippen LogP contribution in [0.4, 0.5) is 14.9 Å². The summed E-state index contributed by atoms with van der Waals surface area (Å²) >= 11 is 0. The van der Waals surface area contributed by atoms with Crippen molar-refractivity contribution in [1.82, 2.24) is 10.2 Å². The number of nitrogens with zero attached hydrogens (tertiary/aromatic N) is 1. The molecule has 0 radical (unpaired) electrons. The molecule has 1 atom stereocenters. The molecular weight excluding hydrogens is 257 g/mol. The summed E-state index contributed by atoms with van der Waals surface area (Å²) in [6.07, 6.45) is 4.49. The fourth-order valence-corrected chi connectivity index (χ4v) is 2.66. The number of carbonyl (C=O) groups is 1. The molecule has 1 aromatic rings. The molecule has 108 valence electrons. The van der Waals surface area contributed by atoms with E-state index in [9.17, 15) is 9.18 Å². The molecule has 4 nitrogen and oxygen atoms in total. The Bertz CT molecular complexity index is 467. The van der Waals surface area contributed by atoms with E-state index in [1.807, 2.05) is 4.90 Å². The van der Waals surface area contributed by atoms with Crippen molar-refractivity contribution in [2.45, 2.75) is 37.8 Å². The Balaban J connectivity index is 1.61. The average molecular weight is 277 g/mol. The smallest absolute Gasteiger partial charge is 0.320 e. The van der Waals surface area contributed by atoms with Crippen LogP contribution in [0.5, 0.6) is 0 Å². The minimum atomic E-state index is -0.294. The lowest BCUT2D eigenvalue weighted by Crippen LogP contribution is -2.44. The van der Waals surface area contributed by atoms with Crippen LogP contribution in [0.2, 0.25) is 0 Å². The van der Waals surface area contributed by atoms with Crippen molar-refractivity contribution in [1.29, 1.82) is 0 Å². The van der Waals surface area contributed by atoms with E-state index in [1.165, 1.54) is 18.6 Å². The molecule has 2 fully saturated rings. The molecule has 2 N–H and O–H groups in total. The van der Waals surface area contributed by atoms with E-state index in [0.717, 1.165) is 32.4 Å². The molecule has 1 unspecified atom stereocenters. The average Bonchev–Trinajstić information content (AvgIpc) is 3.15. The number of hydrogen-bond donors (Lipinski definition) is 2.